The van der Waals surface area contributed by atoms with E-state index in [4.69, 9.17) is 11.6 Å². The first-order chi connectivity index (χ1) is 17.3. The van der Waals surface area contributed by atoms with Crippen LogP contribution in [0.1, 0.15) is 23.2 Å². The summed E-state index contributed by atoms with van der Waals surface area (Å²) in [6, 6.07) is 14.5. The maximum Gasteiger partial charge on any atom is 0.307 e. The second-order valence-corrected chi connectivity index (χ2v) is 9.94. The molecule has 2 fully saturated rings. The van der Waals surface area contributed by atoms with Gasteiger partial charge in [-0.1, -0.05) is 72.3 Å². The zero-order valence-electron chi connectivity index (χ0n) is 19.3. The number of hydrazine groups is 1. The van der Waals surface area contributed by atoms with E-state index in [0.717, 1.165) is 11.1 Å². The zero-order valence-corrected chi connectivity index (χ0v) is 20.1. The largest absolute Gasteiger partial charge is 0.481 e. The monoisotopic (exact) mass is 504 g/mol. The van der Waals surface area contributed by atoms with Gasteiger partial charge in [-0.25, -0.2) is 0 Å². The van der Waals surface area contributed by atoms with E-state index in [-0.39, 0.29) is 24.1 Å². The highest BCUT2D eigenvalue weighted by atomic mass is 35.5. The smallest absolute Gasteiger partial charge is 0.307 e. The molecule has 5 rings (SSSR count). The molecule has 0 bridgehead atoms. The van der Waals surface area contributed by atoms with Crippen LogP contribution in [-0.4, -0.2) is 40.2 Å². The number of rotatable bonds is 6. The van der Waals surface area contributed by atoms with Crippen LogP contribution in [0.15, 0.2) is 72.8 Å². The van der Waals surface area contributed by atoms with Crippen LogP contribution in [0, 0.1) is 29.6 Å². The highest BCUT2D eigenvalue weighted by Gasteiger charge is 2.48. The minimum Gasteiger partial charge on any atom is -0.481 e. The van der Waals surface area contributed by atoms with Gasteiger partial charge in [0.25, 0.3) is 0 Å². The van der Waals surface area contributed by atoms with Crippen molar-refractivity contribution in [2.24, 2.45) is 29.6 Å². The van der Waals surface area contributed by atoms with E-state index in [9.17, 15) is 24.3 Å². The highest BCUT2D eigenvalue weighted by molar-refractivity contribution is 6.30. The van der Waals surface area contributed by atoms with Gasteiger partial charge in [0.15, 0.2) is 5.78 Å². The SMILES string of the molecule is O=C1NN(C[C@@H]2CCC(C(=O)c3ccc(-c4ccc(Cl)cc4)cc3)C2C(=O)O)C(=O)C2C=CC=CC12. The number of amides is 2. The first kappa shape index (κ1) is 24.0. The van der Waals surface area contributed by atoms with Gasteiger partial charge in [-0.3, -0.25) is 29.6 Å². The summed E-state index contributed by atoms with van der Waals surface area (Å²) in [5, 5.41) is 11.9. The number of hydrogen-bond donors (Lipinski definition) is 2. The van der Waals surface area contributed by atoms with Crippen LogP contribution in [0.2, 0.25) is 5.02 Å². The number of allylic oxidation sites excluding steroid dienone is 2. The first-order valence-electron chi connectivity index (χ1n) is 11.9. The highest BCUT2D eigenvalue weighted by Crippen LogP contribution is 2.40. The van der Waals surface area contributed by atoms with E-state index < -0.39 is 35.6 Å². The molecule has 2 aliphatic carbocycles. The lowest BCUT2D eigenvalue weighted by Crippen LogP contribution is -2.59. The Morgan fingerprint density at radius 3 is 2.17 bits per heavy atom. The number of carbonyl (C=O) groups excluding carboxylic acids is 3. The number of carboxylic acid groups (broad SMARTS) is 1. The number of carboxylic acids is 1. The molecular formula is C28H25ClN2O5. The summed E-state index contributed by atoms with van der Waals surface area (Å²) in [5.41, 5.74) is 4.96. The van der Waals surface area contributed by atoms with Gasteiger partial charge in [0.2, 0.25) is 11.8 Å². The van der Waals surface area contributed by atoms with E-state index in [2.05, 4.69) is 5.43 Å². The van der Waals surface area contributed by atoms with Gasteiger partial charge in [-0.15, -0.1) is 0 Å². The van der Waals surface area contributed by atoms with Crippen molar-refractivity contribution in [3.8, 4) is 11.1 Å². The summed E-state index contributed by atoms with van der Waals surface area (Å²) < 4.78 is 0. The lowest BCUT2D eigenvalue weighted by atomic mass is 9.83. The first-order valence-corrected chi connectivity index (χ1v) is 12.3. The van der Waals surface area contributed by atoms with E-state index in [1.54, 1.807) is 48.6 Å². The lowest BCUT2D eigenvalue weighted by Gasteiger charge is -2.37. The van der Waals surface area contributed by atoms with Gasteiger partial charge in [-0.2, -0.15) is 0 Å². The average molecular weight is 505 g/mol. The molecule has 1 aliphatic heterocycles. The molecule has 184 valence electrons. The predicted octanol–water partition coefficient (Wildman–Crippen LogP) is 4.15. The molecule has 5 atom stereocenters. The zero-order chi connectivity index (χ0) is 25.4. The summed E-state index contributed by atoms with van der Waals surface area (Å²) in [5.74, 6) is -5.09. The van der Waals surface area contributed by atoms with Crippen LogP contribution in [0.3, 0.4) is 0 Å². The van der Waals surface area contributed by atoms with Crippen molar-refractivity contribution in [2.75, 3.05) is 6.54 Å². The Morgan fingerprint density at radius 1 is 0.917 bits per heavy atom. The fourth-order valence-corrected chi connectivity index (χ4v) is 5.67. The molecule has 2 N–H and O–H groups in total. The van der Waals surface area contributed by atoms with Crippen LogP contribution in [-0.2, 0) is 14.4 Å². The Labute approximate surface area is 213 Å². The summed E-state index contributed by atoms with van der Waals surface area (Å²) in [6.07, 6.45) is 7.74. The van der Waals surface area contributed by atoms with Crippen LogP contribution in [0.5, 0.6) is 0 Å². The fraction of sp³-hybridized carbons (Fsp3) is 0.286. The molecule has 1 heterocycles. The van der Waals surface area contributed by atoms with Crippen molar-refractivity contribution >= 4 is 35.2 Å². The second-order valence-electron chi connectivity index (χ2n) is 9.50. The normalized spacial score (nSPS) is 27.0. The topological polar surface area (TPSA) is 104 Å². The number of aliphatic carboxylic acids is 1. The van der Waals surface area contributed by atoms with Crippen LogP contribution < -0.4 is 5.43 Å². The molecular weight excluding hydrogens is 480 g/mol. The standard InChI is InChI=1S/C28H25ClN2O5/c29-20-12-9-17(10-13-20)16-5-7-18(8-6-16)25(32)23-14-11-19(24(23)28(35)36)15-31-27(34)22-4-2-1-3-21(22)26(33)30-31/h1-10,12-13,19,21-24H,11,14-15H2,(H,30,33)(H,35,36)/t19-,21?,22?,23?,24?/m0/s1. The summed E-state index contributed by atoms with van der Waals surface area (Å²) in [4.78, 5) is 51.1. The van der Waals surface area contributed by atoms with E-state index >= 15 is 0 Å². The summed E-state index contributed by atoms with van der Waals surface area (Å²) in [7, 11) is 0. The molecule has 1 saturated heterocycles. The van der Waals surface area contributed by atoms with Crippen molar-refractivity contribution in [1.29, 1.82) is 0 Å². The number of carbonyl (C=O) groups is 4. The Hall–Kier alpha value is -3.71. The molecule has 2 aromatic rings. The van der Waals surface area contributed by atoms with Crippen LogP contribution in [0.25, 0.3) is 11.1 Å². The molecule has 3 aliphatic rings. The van der Waals surface area contributed by atoms with E-state index in [0.29, 0.717) is 23.4 Å². The van der Waals surface area contributed by atoms with Gasteiger partial charge >= 0.3 is 5.97 Å². The number of nitrogens with zero attached hydrogens (tertiary/aromatic N) is 1. The molecule has 2 aromatic carbocycles. The van der Waals surface area contributed by atoms with E-state index in [1.807, 2.05) is 24.3 Å². The molecule has 0 aromatic heterocycles. The fourth-order valence-electron chi connectivity index (χ4n) is 5.54. The van der Waals surface area contributed by atoms with Crippen molar-refractivity contribution in [3.63, 3.8) is 0 Å². The minimum absolute atomic E-state index is 0.0571. The summed E-state index contributed by atoms with van der Waals surface area (Å²) in [6.45, 7) is 0.0571. The number of nitrogens with one attached hydrogen (secondary N) is 1. The maximum atomic E-state index is 13.3. The molecule has 0 spiro atoms. The van der Waals surface area contributed by atoms with Gasteiger partial charge < -0.3 is 5.11 Å². The lowest BCUT2D eigenvalue weighted by molar-refractivity contribution is -0.155. The molecule has 7 nitrogen and oxygen atoms in total. The number of benzene rings is 2. The molecule has 1 saturated carbocycles. The third kappa shape index (κ3) is 4.46. The van der Waals surface area contributed by atoms with Gasteiger partial charge in [0, 0.05) is 23.0 Å². The molecule has 8 heteroatoms. The number of fused-ring (bicyclic) bond motifs is 1. The van der Waals surface area contributed by atoms with Crippen molar-refractivity contribution in [1.82, 2.24) is 10.4 Å². The Bertz CT molecular complexity index is 1270. The number of Topliss-reactive ketones (excluding diaryl/α,β-unsaturated/α-hetero) is 1. The number of ketones is 1. The molecule has 36 heavy (non-hydrogen) atoms. The van der Waals surface area contributed by atoms with E-state index in [1.165, 1.54) is 5.01 Å². The second kappa shape index (κ2) is 9.74. The molecule has 2 amide bonds. The molecule has 4 unspecified atom stereocenters. The van der Waals surface area contributed by atoms with Crippen molar-refractivity contribution < 1.29 is 24.3 Å². The van der Waals surface area contributed by atoms with Crippen molar-refractivity contribution in [3.05, 3.63) is 83.4 Å². The Morgan fingerprint density at radius 2 is 1.53 bits per heavy atom. The predicted molar refractivity (Wildman–Crippen MR) is 134 cm³/mol. The Balaban J connectivity index is 1.30. The summed E-state index contributed by atoms with van der Waals surface area (Å²) >= 11 is 5.96. The third-order valence-electron chi connectivity index (χ3n) is 7.41. The van der Waals surface area contributed by atoms with Crippen molar-refractivity contribution in [2.45, 2.75) is 12.8 Å². The van der Waals surface area contributed by atoms with Gasteiger partial charge in [-0.05, 0) is 42.0 Å². The van der Waals surface area contributed by atoms with Gasteiger partial charge in [0.05, 0.1) is 17.8 Å². The quantitative estimate of drug-likeness (QED) is 0.575. The van der Waals surface area contributed by atoms with Crippen LogP contribution in [0.4, 0.5) is 0 Å². The van der Waals surface area contributed by atoms with Crippen LogP contribution >= 0.6 is 11.6 Å². The third-order valence-corrected chi connectivity index (χ3v) is 7.66. The average Bonchev–Trinajstić information content (AvgIpc) is 3.31. The number of halogens is 1. The van der Waals surface area contributed by atoms with Gasteiger partial charge in [0.1, 0.15) is 0 Å². The Kier molecular flexibility index (Phi) is 6.49. The maximum absolute atomic E-state index is 13.3. The number of hydrogen-bond acceptors (Lipinski definition) is 4. The minimum atomic E-state index is -1.07. The molecule has 0 radical (unpaired) electrons.